The van der Waals surface area contributed by atoms with Crippen LogP contribution in [0, 0.1) is 0 Å². The molecule has 1 aliphatic carbocycles. The molecule has 0 bridgehead atoms. The zero-order chi connectivity index (χ0) is 9.26. The van der Waals surface area contributed by atoms with Crippen LogP contribution in [0.4, 0.5) is 0 Å². The van der Waals surface area contributed by atoms with E-state index in [1.165, 1.54) is 0 Å². The summed E-state index contributed by atoms with van der Waals surface area (Å²) < 4.78 is 10.8. The molecule has 0 radical (unpaired) electrons. The Morgan fingerprint density at radius 2 is 1.38 bits per heavy atom. The summed E-state index contributed by atoms with van der Waals surface area (Å²) in [7, 11) is 3.53. The van der Waals surface area contributed by atoms with Crippen LogP contribution >= 0.6 is 0 Å². The average molecular weight is 186 g/mol. The van der Waals surface area contributed by atoms with Crippen LogP contribution in [0.25, 0.3) is 0 Å². The quantitative estimate of drug-likeness (QED) is 0.621. The Hall–Kier alpha value is -0.160. The Balaban J connectivity index is 1.99. The third-order valence-corrected chi connectivity index (χ3v) is 3.21. The van der Waals surface area contributed by atoms with Crippen LogP contribution in [0.2, 0.25) is 0 Å². The molecule has 1 aliphatic heterocycles. The van der Waals surface area contributed by atoms with Crippen molar-refractivity contribution in [2.24, 2.45) is 0 Å². The highest BCUT2D eigenvalue weighted by Crippen LogP contribution is 2.25. The van der Waals surface area contributed by atoms with E-state index in [4.69, 9.17) is 9.47 Å². The fraction of sp³-hybridized carbons (Fsp3) is 1.00. The van der Waals surface area contributed by atoms with Gasteiger partial charge in [0.1, 0.15) is 0 Å². The molecule has 2 aliphatic rings. The third-order valence-electron chi connectivity index (χ3n) is 3.21. The molecule has 0 amide bonds. The standard InChI is InChI=1S/C9H18N2O2/c1-12-8-3-6-7(11-5-10-6)4-9(8)13-2/h6-11H,3-5H2,1-2H3. The largest absolute Gasteiger partial charge is 0.379 e. The minimum absolute atomic E-state index is 0.249. The first-order valence-corrected chi connectivity index (χ1v) is 4.87. The number of ether oxygens (including phenoxy) is 2. The van der Waals surface area contributed by atoms with Gasteiger partial charge in [0, 0.05) is 33.0 Å². The van der Waals surface area contributed by atoms with E-state index in [2.05, 4.69) is 10.6 Å². The molecule has 2 rings (SSSR count). The molecular weight excluding hydrogens is 168 g/mol. The van der Waals surface area contributed by atoms with Gasteiger partial charge in [-0.3, -0.25) is 0 Å². The molecule has 2 N–H and O–H groups in total. The van der Waals surface area contributed by atoms with Gasteiger partial charge in [0.05, 0.1) is 12.2 Å². The summed E-state index contributed by atoms with van der Waals surface area (Å²) >= 11 is 0. The molecule has 4 unspecified atom stereocenters. The lowest BCUT2D eigenvalue weighted by molar-refractivity contribution is -0.0668. The van der Waals surface area contributed by atoms with Crippen molar-refractivity contribution in [3.63, 3.8) is 0 Å². The lowest BCUT2D eigenvalue weighted by Crippen LogP contribution is -2.49. The van der Waals surface area contributed by atoms with E-state index in [1.807, 2.05) is 0 Å². The Bertz CT molecular complexity index is 159. The second-order valence-electron chi connectivity index (χ2n) is 3.82. The third kappa shape index (κ3) is 1.72. The highest BCUT2D eigenvalue weighted by molar-refractivity contribution is 4.98. The van der Waals surface area contributed by atoms with E-state index in [9.17, 15) is 0 Å². The lowest BCUT2D eigenvalue weighted by Gasteiger charge is -2.36. The first-order chi connectivity index (χ1) is 6.35. The normalized spacial score (nSPS) is 44.8. The van der Waals surface area contributed by atoms with Crippen molar-refractivity contribution in [1.29, 1.82) is 0 Å². The van der Waals surface area contributed by atoms with Crippen LogP contribution in [0.3, 0.4) is 0 Å². The van der Waals surface area contributed by atoms with Gasteiger partial charge in [0.15, 0.2) is 0 Å². The predicted octanol–water partition coefficient (Wildman–Crippen LogP) is -0.302. The van der Waals surface area contributed by atoms with E-state index in [0.717, 1.165) is 19.5 Å². The number of rotatable bonds is 2. The van der Waals surface area contributed by atoms with Crippen LogP contribution in [-0.2, 0) is 9.47 Å². The molecule has 4 atom stereocenters. The summed E-state index contributed by atoms with van der Waals surface area (Å²) in [6.45, 7) is 0.919. The molecule has 0 aromatic rings. The number of hydrogen-bond acceptors (Lipinski definition) is 4. The molecule has 0 spiro atoms. The maximum absolute atomic E-state index is 5.41. The molecule has 4 nitrogen and oxygen atoms in total. The Labute approximate surface area is 79.0 Å². The second kappa shape index (κ2) is 3.92. The molecule has 13 heavy (non-hydrogen) atoms. The fourth-order valence-electron chi connectivity index (χ4n) is 2.40. The van der Waals surface area contributed by atoms with Gasteiger partial charge in [0.2, 0.25) is 0 Å². The molecule has 1 saturated carbocycles. The van der Waals surface area contributed by atoms with Crippen LogP contribution in [0.5, 0.6) is 0 Å². The average Bonchev–Trinajstić information content (AvgIpc) is 2.62. The van der Waals surface area contributed by atoms with Gasteiger partial charge < -0.3 is 20.1 Å². The highest BCUT2D eigenvalue weighted by atomic mass is 16.5. The van der Waals surface area contributed by atoms with Crippen molar-refractivity contribution in [3.8, 4) is 0 Å². The minimum atomic E-state index is 0.249. The predicted molar refractivity (Wildman–Crippen MR) is 49.5 cm³/mol. The smallest absolute Gasteiger partial charge is 0.0848 e. The highest BCUT2D eigenvalue weighted by Gasteiger charge is 2.39. The molecule has 4 heteroatoms. The van der Waals surface area contributed by atoms with E-state index < -0.39 is 0 Å². The Morgan fingerprint density at radius 1 is 0.923 bits per heavy atom. The van der Waals surface area contributed by atoms with Crippen LogP contribution in [0.1, 0.15) is 12.8 Å². The van der Waals surface area contributed by atoms with Crippen molar-refractivity contribution < 1.29 is 9.47 Å². The number of nitrogens with one attached hydrogen (secondary N) is 2. The van der Waals surface area contributed by atoms with E-state index >= 15 is 0 Å². The maximum Gasteiger partial charge on any atom is 0.0848 e. The molecule has 0 aromatic heterocycles. The molecule has 1 heterocycles. The van der Waals surface area contributed by atoms with Gasteiger partial charge in [0.25, 0.3) is 0 Å². The van der Waals surface area contributed by atoms with Gasteiger partial charge in [-0.25, -0.2) is 0 Å². The zero-order valence-corrected chi connectivity index (χ0v) is 8.25. The zero-order valence-electron chi connectivity index (χ0n) is 8.25. The minimum Gasteiger partial charge on any atom is -0.379 e. The number of hydrogen-bond donors (Lipinski definition) is 2. The lowest BCUT2D eigenvalue weighted by atomic mass is 9.87. The molecule has 1 saturated heterocycles. The van der Waals surface area contributed by atoms with Crippen molar-refractivity contribution >= 4 is 0 Å². The fourth-order valence-corrected chi connectivity index (χ4v) is 2.40. The van der Waals surface area contributed by atoms with E-state index in [0.29, 0.717) is 12.1 Å². The second-order valence-corrected chi connectivity index (χ2v) is 3.82. The van der Waals surface area contributed by atoms with Crippen molar-refractivity contribution in [3.05, 3.63) is 0 Å². The number of fused-ring (bicyclic) bond motifs is 1. The van der Waals surface area contributed by atoms with Gasteiger partial charge in [-0.05, 0) is 12.8 Å². The van der Waals surface area contributed by atoms with E-state index in [-0.39, 0.29) is 12.2 Å². The summed E-state index contributed by atoms with van der Waals surface area (Å²) in [4.78, 5) is 0. The van der Waals surface area contributed by atoms with Crippen LogP contribution in [-0.4, -0.2) is 45.2 Å². The van der Waals surface area contributed by atoms with Crippen molar-refractivity contribution in [2.75, 3.05) is 20.9 Å². The summed E-state index contributed by atoms with van der Waals surface area (Å²) in [5.41, 5.74) is 0. The molecular formula is C9H18N2O2. The van der Waals surface area contributed by atoms with Gasteiger partial charge in [-0.2, -0.15) is 0 Å². The Kier molecular flexibility index (Phi) is 2.83. The number of methoxy groups -OCH3 is 2. The summed E-state index contributed by atoms with van der Waals surface area (Å²) in [5.74, 6) is 0. The SMILES string of the molecule is COC1CC2NCNC2CC1OC. The monoisotopic (exact) mass is 186 g/mol. The van der Waals surface area contributed by atoms with Gasteiger partial charge in [-0.15, -0.1) is 0 Å². The topological polar surface area (TPSA) is 42.5 Å². The first kappa shape index (κ1) is 9.40. The van der Waals surface area contributed by atoms with Crippen LogP contribution in [0.15, 0.2) is 0 Å². The van der Waals surface area contributed by atoms with Gasteiger partial charge in [-0.1, -0.05) is 0 Å². The maximum atomic E-state index is 5.41. The molecule has 0 aromatic carbocycles. The van der Waals surface area contributed by atoms with Crippen molar-refractivity contribution in [1.82, 2.24) is 10.6 Å². The summed E-state index contributed by atoms with van der Waals surface area (Å²) in [6.07, 6.45) is 2.59. The van der Waals surface area contributed by atoms with Crippen molar-refractivity contribution in [2.45, 2.75) is 37.1 Å². The summed E-state index contributed by atoms with van der Waals surface area (Å²) in [6, 6.07) is 1.13. The summed E-state index contributed by atoms with van der Waals surface area (Å²) in [5, 5.41) is 6.84. The Morgan fingerprint density at radius 3 is 1.77 bits per heavy atom. The van der Waals surface area contributed by atoms with Crippen LogP contribution < -0.4 is 10.6 Å². The molecule has 2 fully saturated rings. The van der Waals surface area contributed by atoms with E-state index in [1.54, 1.807) is 14.2 Å². The van der Waals surface area contributed by atoms with Gasteiger partial charge >= 0.3 is 0 Å². The molecule has 76 valence electrons. The first-order valence-electron chi connectivity index (χ1n) is 4.87.